The second-order valence-corrected chi connectivity index (χ2v) is 4.42. The first-order valence-electron chi connectivity index (χ1n) is 6.64. The van der Waals surface area contributed by atoms with Crippen molar-refractivity contribution in [1.29, 1.82) is 0 Å². The maximum atomic E-state index is 11.6. The first-order valence-corrected chi connectivity index (χ1v) is 6.64. The molecule has 0 fully saturated rings. The third kappa shape index (κ3) is 4.75. The molecule has 6 heteroatoms. The first kappa shape index (κ1) is 15.2. The Balaban J connectivity index is 1.77. The van der Waals surface area contributed by atoms with Crippen molar-refractivity contribution in [2.75, 3.05) is 17.2 Å². The number of hydrogen-bond acceptors (Lipinski definition) is 3. The van der Waals surface area contributed by atoms with Crippen molar-refractivity contribution in [3.05, 3.63) is 60.7 Å². The second kappa shape index (κ2) is 7.58. The van der Waals surface area contributed by atoms with Gasteiger partial charge in [-0.2, -0.15) is 0 Å². The molecule has 0 saturated heterocycles. The molecule has 0 unspecified atom stereocenters. The Bertz CT molecular complexity index is 657. The highest BCUT2D eigenvalue weighted by molar-refractivity contribution is 6.39. The average molecular weight is 297 g/mol. The number of hydrogen-bond donors (Lipinski definition) is 3. The number of carbonyl (C=O) groups is 3. The van der Waals surface area contributed by atoms with Crippen molar-refractivity contribution in [1.82, 2.24) is 5.32 Å². The number of nitrogens with one attached hydrogen (secondary N) is 3. The fourth-order valence-electron chi connectivity index (χ4n) is 1.68. The molecule has 0 heterocycles. The van der Waals surface area contributed by atoms with Gasteiger partial charge in [0.1, 0.15) is 0 Å². The number of carbonyl (C=O) groups excluding carboxylic acids is 3. The lowest BCUT2D eigenvalue weighted by Crippen LogP contribution is -2.39. The molecular formula is C16H15N3O3. The molecule has 0 aliphatic heterocycles. The maximum Gasteiger partial charge on any atom is 0.313 e. The smallest absolute Gasteiger partial charge is 0.313 e. The van der Waals surface area contributed by atoms with Gasteiger partial charge < -0.3 is 16.0 Å². The minimum atomic E-state index is -0.868. The van der Waals surface area contributed by atoms with Crippen LogP contribution in [0.2, 0.25) is 0 Å². The summed E-state index contributed by atoms with van der Waals surface area (Å²) in [7, 11) is 0. The molecule has 3 N–H and O–H groups in total. The molecule has 2 aromatic rings. The van der Waals surface area contributed by atoms with Crippen LogP contribution in [0.5, 0.6) is 0 Å². The molecule has 0 spiro atoms. The molecule has 0 aromatic heterocycles. The van der Waals surface area contributed by atoms with Gasteiger partial charge in [0, 0.05) is 11.4 Å². The van der Waals surface area contributed by atoms with Crippen molar-refractivity contribution >= 4 is 29.1 Å². The van der Waals surface area contributed by atoms with E-state index in [-0.39, 0.29) is 6.54 Å². The molecule has 0 bridgehead atoms. The molecule has 6 nitrogen and oxygen atoms in total. The Morgan fingerprint density at radius 2 is 1.18 bits per heavy atom. The van der Waals surface area contributed by atoms with Crippen molar-refractivity contribution < 1.29 is 14.4 Å². The zero-order valence-corrected chi connectivity index (χ0v) is 11.7. The normalized spacial score (nSPS) is 9.64. The fourth-order valence-corrected chi connectivity index (χ4v) is 1.68. The molecule has 112 valence electrons. The monoisotopic (exact) mass is 297 g/mol. The van der Waals surface area contributed by atoms with Crippen LogP contribution < -0.4 is 16.0 Å². The minimum absolute atomic E-state index is 0.282. The zero-order valence-electron chi connectivity index (χ0n) is 11.7. The van der Waals surface area contributed by atoms with Crippen LogP contribution in [-0.2, 0) is 14.4 Å². The maximum absolute atomic E-state index is 11.6. The lowest BCUT2D eigenvalue weighted by atomic mass is 10.3. The van der Waals surface area contributed by atoms with Crippen LogP contribution in [-0.4, -0.2) is 24.3 Å². The molecule has 0 radical (unpaired) electrons. The number of rotatable bonds is 4. The third-order valence-electron chi connectivity index (χ3n) is 2.70. The number of amides is 3. The van der Waals surface area contributed by atoms with Crippen molar-refractivity contribution in [2.45, 2.75) is 0 Å². The molecule has 2 rings (SSSR count). The van der Waals surface area contributed by atoms with Gasteiger partial charge in [-0.1, -0.05) is 36.4 Å². The van der Waals surface area contributed by atoms with Crippen molar-refractivity contribution in [3.63, 3.8) is 0 Å². The predicted molar refractivity (Wildman–Crippen MR) is 83.2 cm³/mol. The summed E-state index contributed by atoms with van der Waals surface area (Å²) >= 11 is 0. The summed E-state index contributed by atoms with van der Waals surface area (Å²) in [6, 6.07) is 17.4. The Hall–Kier alpha value is -3.15. The lowest BCUT2D eigenvalue weighted by molar-refractivity contribution is -0.136. The minimum Gasteiger partial charge on any atom is -0.339 e. The Morgan fingerprint density at radius 3 is 1.73 bits per heavy atom. The van der Waals surface area contributed by atoms with E-state index in [2.05, 4.69) is 16.0 Å². The van der Waals surface area contributed by atoms with Gasteiger partial charge >= 0.3 is 11.8 Å². The quantitative estimate of drug-likeness (QED) is 0.745. The van der Waals surface area contributed by atoms with Gasteiger partial charge in [0.25, 0.3) is 0 Å². The molecule has 22 heavy (non-hydrogen) atoms. The number of para-hydroxylation sites is 2. The van der Waals surface area contributed by atoms with Gasteiger partial charge in [-0.25, -0.2) is 0 Å². The van der Waals surface area contributed by atoms with Crippen LogP contribution in [0.25, 0.3) is 0 Å². The van der Waals surface area contributed by atoms with Crippen LogP contribution in [0, 0.1) is 0 Å². The van der Waals surface area contributed by atoms with Crippen LogP contribution in [0.4, 0.5) is 11.4 Å². The summed E-state index contributed by atoms with van der Waals surface area (Å²) in [5.74, 6) is -2.10. The van der Waals surface area contributed by atoms with E-state index in [1.54, 1.807) is 54.6 Å². The second-order valence-electron chi connectivity index (χ2n) is 4.42. The van der Waals surface area contributed by atoms with E-state index in [1.807, 2.05) is 6.07 Å². The zero-order chi connectivity index (χ0) is 15.8. The molecule has 2 aromatic carbocycles. The van der Waals surface area contributed by atoms with E-state index in [0.717, 1.165) is 0 Å². The van der Waals surface area contributed by atoms with Gasteiger partial charge in [-0.3, -0.25) is 14.4 Å². The van der Waals surface area contributed by atoms with E-state index >= 15 is 0 Å². The molecule has 0 saturated carbocycles. The molecule has 0 atom stereocenters. The summed E-state index contributed by atoms with van der Waals surface area (Å²) in [6.45, 7) is -0.282. The van der Waals surface area contributed by atoms with Gasteiger partial charge in [0.2, 0.25) is 5.91 Å². The van der Waals surface area contributed by atoms with Crippen LogP contribution >= 0.6 is 0 Å². The Kier molecular flexibility index (Phi) is 5.25. The van der Waals surface area contributed by atoms with E-state index in [4.69, 9.17) is 0 Å². The predicted octanol–water partition coefficient (Wildman–Crippen LogP) is 1.38. The molecule has 3 amide bonds. The Morgan fingerprint density at radius 1 is 0.682 bits per heavy atom. The van der Waals surface area contributed by atoms with E-state index in [9.17, 15) is 14.4 Å². The standard InChI is InChI=1S/C16H15N3O3/c20-14(18-12-7-3-1-4-8-12)11-17-15(21)16(22)19-13-9-5-2-6-10-13/h1-10H,11H2,(H,17,21)(H,18,20)(H,19,22). The molecular weight excluding hydrogens is 282 g/mol. The molecule has 0 aliphatic carbocycles. The number of benzene rings is 2. The van der Waals surface area contributed by atoms with Crippen molar-refractivity contribution in [3.8, 4) is 0 Å². The SMILES string of the molecule is O=C(CNC(=O)C(=O)Nc1ccccc1)Nc1ccccc1. The third-order valence-corrected chi connectivity index (χ3v) is 2.70. The Labute approximate surface area is 127 Å². The summed E-state index contributed by atoms with van der Waals surface area (Å²) < 4.78 is 0. The summed E-state index contributed by atoms with van der Waals surface area (Å²) in [5.41, 5.74) is 1.13. The number of anilines is 2. The topological polar surface area (TPSA) is 87.3 Å². The first-order chi connectivity index (χ1) is 10.6. The average Bonchev–Trinajstić information content (AvgIpc) is 2.54. The van der Waals surface area contributed by atoms with Crippen LogP contribution in [0.1, 0.15) is 0 Å². The van der Waals surface area contributed by atoms with Gasteiger partial charge in [-0.15, -0.1) is 0 Å². The van der Waals surface area contributed by atoms with Crippen LogP contribution in [0.3, 0.4) is 0 Å². The summed E-state index contributed by atoms with van der Waals surface area (Å²) in [6.07, 6.45) is 0. The van der Waals surface area contributed by atoms with Gasteiger partial charge in [0.05, 0.1) is 6.54 Å². The highest BCUT2D eigenvalue weighted by Gasteiger charge is 2.14. The summed E-state index contributed by atoms with van der Waals surface area (Å²) in [5, 5.41) is 7.29. The van der Waals surface area contributed by atoms with E-state index < -0.39 is 17.7 Å². The molecule has 0 aliphatic rings. The van der Waals surface area contributed by atoms with Gasteiger partial charge in [-0.05, 0) is 24.3 Å². The fraction of sp³-hybridized carbons (Fsp3) is 0.0625. The summed E-state index contributed by atoms with van der Waals surface area (Å²) in [4.78, 5) is 34.9. The van der Waals surface area contributed by atoms with Gasteiger partial charge in [0.15, 0.2) is 0 Å². The highest BCUT2D eigenvalue weighted by Crippen LogP contribution is 2.05. The largest absolute Gasteiger partial charge is 0.339 e. The van der Waals surface area contributed by atoms with E-state index in [0.29, 0.717) is 11.4 Å². The van der Waals surface area contributed by atoms with Crippen LogP contribution in [0.15, 0.2) is 60.7 Å². The highest BCUT2D eigenvalue weighted by atomic mass is 16.2. The lowest BCUT2D eigenvalue weighted by Gasteiger charge is -2.07. The van der Waals surface area contributed by atoms with E-state index in [1.165, 1.54) is 0 Å². The van der Waals surface area contributed by atoms with Crippen molar-refractivity contribution in [2.24, 2.45) is 0 Å².